The van der Waals surface area contributed by atoms with Crippen LogP contribution in [0.3, 0.4) is 0 Å². The third-order valence-corrected chi connectivity index (χ3v) is 3.73. The molecule has 2 heterocycles. The minimum Gasteiger partial charge on any atom is -0.338 e. The van der Waals surface area contributed by atoms with E-state index in [1.807, 2.05) is 0 Å². The van der Waals surface area contributed by atoms with Crippen molar-refractivity contribution in [2.24, 2.45) is 0 Å². The number of rotatable bonds is 2. The fraction of sp³-hybridized carbons (Fsp3) is 0.727. The van der Waals surface area contributed by atoms with Crippen LogP contribution in [0.4, 0.5) is 4.79 Å². The highest BCUT2D eigenvalue weighted by molar-refractivity contribution is 6.07. The third-order valence-electron chi connectivity index (χ3n) is 3.73. The summed E-state index contributed by atoms with van der Waals surface area (Å²) in [4.78, 5) is 36.8. The average Bonchev–Trinajstić information content (AvgIpc) is 2.84. The first-order valence-electron chi connectivity index (χ1n) is 5.93. The molecule has 1 spiro atoms. The molecule has 100 valence electrons. The minimum atomic E-state index is -0.934. The number of hydrogen-bond donors (Lipinski definition) is 3. The van der Waals surface area contributed by atoms with Gasteiger partial charge in [-0.2, -0.15) is 0 Å². The molecular weight excluding hydrogens is 236 g/mol. The summed E-state index contributed by atoms with van der Waals surface area (Å²) in [6.45, 7) is 4.27. The van der Waals surface area contributed by atoms with Crippen LogP contribution in [0.2, 0.25) is 0 Å². The van der Waals surface area contributed by atoms with E-state index in [1.165, 1.54) is 0 Å². The third kappa shape index (κ3) is 1.84. The van der Waals surface area contributed by atoms with Crippen molar-refractivity contribution in [3.8, 4) is 0 Å². The number of amides is 4. The van der Waals surface area contributed by atoms with E-state index < -0.39 is 17.1 Å². The van der Waals surface area contributed by atoms with Gasteiger partial charge in [-0.25, -0.2) is 4.79 Å². The number of nitrogens with one attached hydrogen (secondary N) is 3. The fourth-order valence-electron chi connectivity index (χ4n) is 2.30. The molecule has 2 saturated heterocycles. The van der Waals surface area contributed by atoms with Gasteiger partial charge in [0.2, 0.25) is 5.91 Å². The van der Waals surface area contributed by atoms with Crippen molar-refractivity contribution in [2.75, 3.05) is 20.1 Å². The topological polar surface area (TPSA) is 90.5 Å². The van der Waals surface area contributed by atoms with Crippen molar-refractivity contribution in [3.05, 3.63) is 0 Å². The Kier molecular flexibility index (Phi) is 2.81. The molecule has 1 atom stereocenters. The zero-order valence-corrected chi connectivity index (χ0v) is 10.8. The molecule has 7 nitrogen and oxygen atoms in total. The van der Waals surface area contributed by atoms with Gasteiger partial charge in [0, 0.05) is 6.54 Å². The van der Waals surface area contributed by atoms with Crippen LogP contribution in [-0.4, -0.2) is 54.0 Å². The summed E-state index contributed by atoms with van der Waals surface area (Å²) >= 11 is 0. The number of carbonyl (C=O) groups is 3. The molecular formula is C11H18N4O3. The van der Waals surface area contributed by atoms with Crippen LogP contribution >= 0.6 is 0 Å². The number of hydrogen-bond acceptors (Lipinski definition) is 4. The standard InChI is InChI=1S/C11H18N4O3/c1-10(2,12-3)8(17)15-5-4-11(6-15)7(16)13-9(18)14-11/h12H,4-6H2,1-3H3,(H2,13,14,16,18). The molecule has 4 amide bonds. The second kappa shape index (κ2) is 3.94. The van der Waals surface area contributed by atoms with Gasteiger partial charge in [-0.1, -0.05) is 0 Å². The zero-order chi connectivity index (χ0) is 13.6. The van der Waals surface area contributed by atoms with Crippen molar-refractivity contribution < 1.29 is 14.4 Å². The number of carbonyl (C=O) groups excluding carboxylic acids is 3. The van der Waals surface area contributed by atoms with Crippen LogP contribution in [0, 0.1) is 0 Å². The fourth-order valence-corrected chi connectivity index (χ4v) is 2.30. The maximum absolute atomic E-state index is 12.2. The first-order chi connectivity index (χ1) is 8.31. The van der Waals surface area contributed by atoms with E-state index in [2.05, 4.69) is 16.0 Å². The molecule has 1 unspecified atom stereocenters. The van der Waals surface area contributed by atoms with Gasteiger partial charge < -0.3 is 15.5 Å². The number of likely N-dealkylation sites (tertiary alicyclic amines) is 1. The van der Waals surface area contributed by atoms with Gasteiger partial charge in [-0.15, -0.1) is 0 Å². The molecule has 2 fully saturated rings. The Morgan fingerprint density at radius 3 is 2.61 bits per heavy atom. The SMILES string of the molecule is CNC(C)(C)C(=O)N1CCC2(C1)NC(=O)NC2=O. The van der Waals surface area contributed by atoms with Crippen LogP contribution in [-0.2, 0) is 9.59 Å². The van der Waals surface area contributed by atoms with Crippen LogP contribution in [0.25, 0.3) is 0 Å². The monoisotopic (exact) mass is 254 g/mol. The van der Waals surface area contributed by atoms with Gasteiger partial charge in [0.1, 0.15) is 5.54 Å². The summed E-state index contributed by atoms with van der Waals surface area (Å²) in [5.41, 5.74) is -1.61. The zero-order valence-electron chi connectivity index (χ0n) is 10.8. The van der Waals surface area contributed by atoms with E-state index in [0.29, 0.717) is 13.0 Å². The van der Waals surface area contributed by atoms with E-state index in [9.17, 15) is 14.4 Å². The van der Waals surface area contributed by atoms with Gasteiger partial charge >= 0.3 is 6.03 Å². The Bertz CT molecular complexity index is 421. The van der Waals surface area contributed by atoms with E-state index in [1.54, 1.807) is 25.8 Å². The molecule has 0 radical (unpaired) electrons. The molecule has 0 bridgehead atoms. The maximum Gasteiger partial charge on any atom is 0.322 e. The Morgan fingerprint density at radius 1 is 1.44 bits per heavy atom. The number of nitrogens with zero attached hydrogens (tertiary/aromatic N) is 1. The summed E-state index contributed by atoms with van der Waals surface area (Å²) in [5, 5.41) is 7.78. The Balaban J connectivity index is 2.12. The molecule has 2 aliphatic heterocycles. The molecule has 0 aliphatic carbocycles. The van der Waals surface area contributed by atoms with Gasteiger partial charge in [-0.05, 0) is 27.3 Å². The van der Waals surface area contributed by atoms with Crippen LogP contribution < -0.4 is 16.0 Å². The molecule has 18 heavy (non-hydrogen) atoms. The Hall–Kier alpha value is -1.63. The summed E-state index contributed by atoms with van der Waals surface area (Å²) in [7, 11) is 1.72. The van der Waals surface area contributed by atoms with Gasteiger partial charge in [0.05, 0.1) is 12.1 Å². The molecule has 0 aromatic carbocycles. The number of urea groups is 1. The highest BCUT2D eigenvalue weighted by Gasteiger charge is 2.52. The van der Waals surface area contributed by atoms with E-state index in [4.69, 9.17) is 0 Å². The largest absolute Gasteiger partial charge is 0.338 e. The molecule has 3 N–H and O–H groups in total. The van der Waals surface area contributed by atoms with E-state index in [-0.39, 0.29) is 18.4 Å². The van der Waals surface area contributed by atoms with Crippen LogP contribution in [0.5, 0.6) is 0 Å². The predicted molar refractivity (Wildman–Crippen MR) is 63.7 cm³/mol. The second-order valence-corrected chi connectivity index (χ2v) is 5.34. The molecule has 7 heteroatoms. The van der Waals surface area contributed by atoms with Crippen molar-refractivity contribution in [1.82, 2.24) is 20.9 Å². The molecule has 0 aromatic heterocycles. The average molecular weight is 254 g/mol. The van der Waals surface area contributed by atoms with Crippen LogP contribution in [0.1, 0.15) is 20.3 Å². The lowest BCUT2D eigenvalue weighted by Crippen LogP contribution is -2.55. The maximum atomic E-state index is 12.2. The van der Waals surface area contributed by atoms with Crippen molar-refractivity contribution in [3.63, 3.8) is 0 Å². The van der Waals surface area contributed by atoms with Crippen LogP contribution in [0.15, 0.2) is 0 Å². The van der Waals surface area contributed by atoms with Gasteiger partial charge in [0.15, 0.2) is 0 Å². The van der Waals surface area contributed by atoms with Crippen molar-refractivity contribution in [1.29, 1.82) is 0 Å². The smallest absolute Gasteiger partial charge is 0.322 e. The van der Waals surface area contributed by atoms with Gasteiger partial charge in [0.25, 0.3) is 5.91 Å². The number of imide groups is 1. The lowest BCUT2D eigenvalue weighted by atomic mass is 9.99. The summed E-state index contributed by atoms with van der Waals surface area (Å²) in [5.74, 6) is -0.416. The second-order valence-electron chi connectivity index (χ2n) is 5.34. The molecule has 2 rings (SSSR count). The number of likely N-dealkylation sites (N-methyl/N-ethyl adjacent to an activating group) is 1. The van der Waals surface area contributed by atoms with E-state index in [0.717, 1.165) is 0 Å². The summed E-state index contributed by atoms with van der Waals surface area (Å²) < 4.78 is 0. The highest BCUT2D eigenvalue weighted by atomic mass is 16.2. The Labute approximate surface area is 105 Å². The van der Waals surface area contributed by atoms with Crippen molar-refractivity contribution in [2.45, 2.75) is 31.3 Å². The summed E-state index contributed by atoms with van der Waals surface area (Å²) in [6, 6.07) is -0.484. The first-order valence-corrected chi connectivity index (χ1v) is 5.93. The molecule has 2 aliphatic rings. The minimum absolute atomic E-state index is 0.0733. The first kappa shape index (κ1) is 12.8. The van der Waals surface area contributed by atoms with Crippen molar-refractivity contribution >= 4 is 17.8 Å². The highest BCUT2D eigenvalue weighted by Crippen LogP contribution is 2.26. The Morgan fingerprint density at radius 2 is 2.11 bits per heavy atom. The van der Waals surface area contributed by atoms with E-state index >= 15 is 0 Å². The quantitative estimate of drug-likeness (QED) is 0.540. The predicted octanol–water partition coefficient (Wildman–Crippen LogP) is -1.21. The summed E-state index contributed by atoms with van der Waals surface area (Å²) in [6.07, 6.45) is 0.454. The molecule has 0 saturated carbocycles. The normalized spacial score (nSPS) is 27.6. The lowest BCUT2D eigenvalue weighted by molar-refractivity contribution is -0.136. The lowest BCUT2D eigenvalue weighted by Gasteiger charge is -2.29. The molecule has 0 aromatic rings. The van der Waals surface area contributed by atoms with Gasteiger partial charge in [-0.3, -0.25) is 14.9 Å².